The number of ether oxygens (including phenoxy) is 1. The van der Waals surface area contributed by atoms with E-state index < -0.39 is 6.17 Å². The second-order valence-electron chi connectivity index (χ2n) is 2.51. The van der Waals surface area contributed by atoms with Crippen LogP contribution in [-0.2, 0) is 0 Å². The topological polar surface area (TPSA) is 29.5 Å². The second-order valence-corrected chi connectivity index (χ2v) is 2.51. The van der Waals surface area contributed by atoms with Crippen molar-refractivity contribution in [1.29, 1.82) is 0 Å². The van der Waals surface area contributed by atoms with Crippen LogP contribution in [0.3, 0.4) is 0 Å². The van der Waals surface area contributed by atoms with Crippen molar-refractivity contribution in [2.75, 3.05) is 7.11 Å². The van der Waals surface area contributed by atoms with Crippen molar-refractivity contribution in [1.82, 2.24) is 0 Å². The van der Waals surface area contributed by atoms with Gasteiger partial charge in [-0.3, -0.25) is 0 Å². The summed E-state index contributed by atoms with van der Waals surface area (Å²) in [6, 6.07) is 4.76. The van der Waals surface area contributed by atoms with Gasteiger partial charge in [-0.05, 0) is 13.0 Å². The van der Waals surface area contributed by atoms with E-state index in [1.54, 1.807) is 12.1 Å². The van der Waals surface area contributed by atoms with Crippen LogP contribution in [0.4, 0.5) is 4.39 Å². The predicted molar refractivity (Wildman–Crippen MR) is 44.2 cm³/mol. The molecule has 0 aliphatic heterocycles. The Labute approximate surface area is 70.6 Å². The molecule has 1 atom stereocenters. The molecule has 0 aromatic heterocycles. The number of halogens is 1. The van der Waals surface area contributed by atoms with Gasteiger partial charge in [0.2, 0.25) is 0 Å². The van der Waals surface area contributed by atoms with Gasteiger partial charge in [-0.2, -0.15) is 0 Å². The fourth-order valence-corrected chi connectivity index (χ4v) is 1.03. The first-order valence-corrected chi connectivity index (χ1v) is 3.66. The summed E-state index contributed by atoms with van der Waals surface area (Å²) < 4.78 is 17.6. The lowest BCUT2D eigenvalue weighted by Gasteiger charge is -2.08. The van der Waals surface area contributed by atoms with Crippen LogP contribution < -0.4 is 4.74 Å². The van der Waals surface area contributed by atoms with Crippen molar-refractivity contribution in [3.05, 3.63) is 23.8 Å². The molecule has 0 aliphatic carbocycles. The van der Waals surface area contributed by atoms with Gasteiger partial charge in [0.1, 0.15) is 6.17 Å². The molecule has 1 aromatic carbocycles. The highest BCUT2D eigenvalue weighted by Gasteiger charge is 2.11. The van der Waals surface area contributed by atoms with Gasteiger partial charge in [0.25, 0.3) is 0 Å². The third kappa shape index (κ3) is 1.49. The Balaban J connectivity index is 3.14. The molecule has 1 unspecified atom stereocenters. The number of hydrogen-bond acceptors (Lipinski definition) is 2. The number of phenols is 1. The third-order valence-electron chi connectivity index (χ3n) is 1.68. The van der Waals surface area contributed by atoms with E-state index in [-0.39, 0.29) is 11.3 Å². The third-order valence-corrected chi connectivity index (χ3v) is 1.68. The number of benzene rings is 1. The van der Waals surface area contributed by atoms with E-state index in [2.05, 4.69) is 0 Å². The van der Waals surface area contributed by atoms with Gasteiger partial charge in [0, 0.05) is 5.56 Å². The maximum absolute atomic E-state index is 12.8. The number of aromatic hydroxyl groups is 1. The van der Waals surface area contributed by atoms with Crippen LogP contribution in [0, 0.1) is 0 Å². The molecule has 1 aromatic rings. The standard InChI is InChI=1S/C9H11FO2/c1-6(10)7-4-3-5-8(12-2)9(7)11/h3-6,11H,1-2H3. The van der Waals surface area contributed by atoms with Gasteiger partial charge in [-0.1, -0.05) is 12.1 Å². The molecule has 12 heavy (non-hydrogen) atoms. The fraction of sp³-hybridized carbons (Fsp3) is 0.333. The fourth-order valence-electron chi connectivity index (χ4n) is 1.03. The van der Waals surface area contributed by atoms with Crippen LogP contribution in [0.1, 0.15) is 18.7 Å². The molecule has 0 saturated carbocycles. The Hall–Kier alpha value is -1.25. The summed E-state index contributed by atoms with van der Waals surface area (Å²) in [5, 5.41) is 9.39. The van der Waals surface area contributed by atoms with Crippen molar-refractivity contribution >= 4 is 0 Å². The molecule has 0 bridgehead atoms. The van der Waals surface area contributed by atoms with Crippen LogP contribution in [0.5, 0.6) is 11.5 Å². The molecule has 66 valence electrons. The largest absolute Gasteiger partial charge is 0.504 e. The summed E-state index contributed by atoms with van der Waals surface area (Å²) in [5.74, 6) is 0.187. The van der Waals surface area contributed by atoms with E-state index in [1.165, 1.54) is 20.1 Å². The predicted octanol–water partition coefficient (Wildman–Crippen LogP) is 2.43. The molecule has 0 saturated heterocycles. The first kappa shape index (κ1) is 8.84. The highest BCUT2D eigenvalue weighted by atomic mass is 19.1. The van der Waals surface area contributed by atoms with Gasteiger partial charge < -0.3 is 9.84 Å². The number of phenolic OH excluding ortho intramolecular Hbond substituents is 1. The van der Waals surface area contributed by atoms with Crippen molar-refractivity contribution in [3.63, 3.8) is 0 Å². The van der Waals surface area contributed by atoms with E-state index >= 15 is 0 Å². The second kappa shape index (κ2) is 3.43. The summed E-state index contributed by atoms with van der Waals surface area (Å²) in [5.41, 5.74) is 0.259. The number of para-hydroxylation sites is 1. The Kier molecular flexibility index (Phi) is 2.53. The minimum absolute atomic E-state index is 0.116. The lowest BCUT2D eigenvalue weighted by molar-refractivity contribution is 0.337. The molecule has 0 amide bonds. The zero-order chi connectivity index (χ0) is 9.14. The Morgan fingerprint density at radius 1 is 1.50 bits per heavy atom. The summed E-state index contributed by atoms with van der Waals surface area (Å²) in [4.78, 5) is 0. The number of alkyl halides is 1. The van der Waals surface area contributed by atoms with E-state index in [1.807, 2.05) is 0 Å². The van der Waals surface area contributed by atoms with Crippen molar-refractivity contribution in [2.24, 2.45) is 0 Å². The zero-order valence-corrected chi connectivity index (χ0v) is 7.04. The molecule has 0 fully saturated rings. The summed E-state index contributed by atoms with van der Waals surface area (Å²) in [7, 11) is 1.43. The van der Waals surface area contributed by atoms with E-state index in [0.29, 0.717) is 5.75 Å². The SMILES string of the molecule is COc1cccc(C(C)F)c1O. The van der Waals surface area contributed by atoms with Crippen LogP contribution in [0.15, 0.2) is 18.2 Å². The first-order valence-electron chi connectivity index (χ1n) is 3.66. The van der Waals surface area contributed by atoms with Crippen LogP contribution in [0.2, 0.25) is 0 Å². The van der Waals surface area contributed by atoms with Gasteiger partial charge in [0.15, 0.2) is 11.5 Å². The molecule has 3 heteroatoms. The van der Waals surface area contributed by atoms with Crippen LogP contribution in [0.25, 0.3) is 0 Å². The highest BCUT2D eigenvalue weighted by molar-refractivity contribution is 5.46. The Morgan fingerprint density at radius 3 is 2.67 bits per heavy atom. The summed E-state index contributed by atoms with van der Waals surface area (Å²) in [6.45, 7) is 1.37. The monoisotopic (exact) mass is 170 g/mol. The molecular formula is C9H11FO2. The summed E-state index contributed by atoms with van der Waals surface area (Å²) in [6.07, 6.45) is -1.18. The Morgan fingerprint density at radius 2 is 2.17 bits per heavy atom. The molecule has 1 N–H and O–H groups in total. The van der Waals surface area contributed by atoms with Gasteiger partial charge in [0.05, 0.1) is 7.11 Å². The van der Waals surface area contributed by atoms with E-state index in [4.69, 9.17) is 4.74 Å². The van der Waals surface area contributed by atoms with Crippen molar-refractivity contribution < 1.29 is 14.2 Å². The summed E-state index contributed by atoms with van der Waals surface area (Å²) >= 11 is 0. The van der Waals surface area contributed by atoms with Gasteiger partial charge in [-0.25, -0.2) is 4.39 Å². The van der Waals surface area contributed by atoms with E-state index in [0.717, 1.165) is 0 Å². The average Bonchev–Trinajstić information content (AvgIpc) is 2.04. The molecule has 2 nitrogen and oxygen atoms in total. The van der Waals surface area contributed by atoms with Gasteiger partial charge >= 0.3 is 0 Å². The maximum Gasteiger partial charge on any atom is 0.163 e. The highest BCUT2D eigenvalue weighted by Crippen LogP contribution is 2.34. The average molecular weight is 170 g/mol. The molecule has 0 aliphatic rings. The minimum Gasteiger partial charge on any atom is -0.504 e. The smallest absolute Gasteiger partial charge is 0.163 e. The maximum atomic E-state index is 12.8. The molecule has 1 rings (SSSR count). The minimum atomic E-state index is -1.18. The van der Waals surface area contributed by atoms with Crippen LogP contribution in [-0.4, -0.2) is 12.2 Å². The normalized spacial score (nSPS) is 12.6. The molecule has 0 spiro atoms. The molecule has 0 heterocycles. The first-order chi connectivity index (χ1) is 5.66. The number of hydrogen-bond donors (Lipinski definition) is 1. The molecule has 0 radical (unpaired) electrons. The van der Waals surface area contributed by atoms with E-state index in [9.17, 15) is 9.50 Å². The van der Waals surface area contributed by atoms with Crippen LogP contribution >= 0.6 is 0 Å². The van der Waals surface area contributed by atoms with Gasteiger partial charge in [-0.15, -0.1) is 0 Å². The number of methoxy groups -OCH3 is 1. The lowest BCUT2D eigenvalue weighted by Crippen LogP contribution is -1.90. The molecular weight excluding hydrogens is 159 g/mol. The van der Waals surface area contributed by atoms with Crippen molar-refractivity contribution in [2.45, 2.75) is 13.1 Å². The zero-order valence-electron chi connectivity index (χ0n) is 7.04. The Bertz CT molecular complexity index is 271. The van der Waals surface area contributed by atoms with Crippen molar-refractivity contribution in [3.8, 4) is 11.5 Å². The number of rotatable bonds is 2. The quantitative estimate of drug-likeness (QED) is 0.738. The lowest BCUT2D eigenvalue weighted by atomic mass is 10.1.